The van der Waals surface area contributed by atoms with E-state index in [0.717, 1.165) is 19.3 Å². The van der Waals surface area contributed by atoms with Gasteiger partial charge in [0.1, 0.15) is 0 Å². The van der Waals surface area contributed by atoms with Crippen molar-refractivity contribution in [2.24, 2.45) is 5.73 Å². The van der Waals surface area contributed by atoms with Gasteiger partial charge < -0.3 is 10.6 Å². The summed E-state index contributed by atoms with van der Waals surface area (Å²) >= 11 is 1.73. The Bertz CT molecular complexity index is 378. The van der Waals surface area contributed by atoms with Crippen LogP contribution in [0, 0.1) is 0 Å². The van der Waals surface area contributed by atoms with Crippen molar-refractivity contribution in [3.8, 4) is 0 Å². The fourth-order valence-corrected chi connectivity index (χ4v) is 2.29. The van der Waals surface area contributed by atoms with Gasteiger partial charge in [0.2, 0.25) is 5.91 Å². The Morgan fingerprint density at radius 2 is 1.89 bits per heavy atom. The molecule has 0 saturated carbocycles. The van der Waals surface area contributed by atoms with Crippen molar-refractivity contribution in [1.29, 1.82) is 0 Å². The molecule has 1 aromatic rings. The van der Waals surface area contributed by atoms with E-state index >= 15 is 0 Å². The average Bonchev–Trinajstić information content (AvgIpc) is 2.44. The Labute approximate surface area is 120 Å². The summed E-state index contributed by atoms with van der Waals surface area (Å²) in [6, 6.07) is 8.37. The summed E-state index contributed by atoms with van der Waals surface area (Å²) in [5.74, 6) is 0.214. The standard InChI is InChI=1S/C15H24N2OS/c1-17(15(18)6-4-3-5-11-16)12-13-7-9-14(19-2)10-8-13/h7-10H,3-6,11-12,16H2,1-2H3. The molecule has 1 aromatic carbocycles. The molecule has 19 heavy (non-hydrogen) atoms. The smallest absolute Gasteiger partial charge is 0.222 e. The van der Waals surface area contributed by atoms with Gasteiger partial charge in [-0.05, 0) is 43.3 Å². The number of hydrogen-bond donors (Lipinski definition) is 1. The second-order valence-corrected chi connectivity index (χ2v) is 5.58. The van der Waals surface area contributed by atoms with Crippen molar-refractivity contribution in [3.63, 3.8) is 0 Å². The van der Waals surface area contributed by atoms with Gasteiger partial charge in [-0.25, -0.2) is 0 Å². The molecule has 1 rings (SSSR count). The first-order valence-electron chi connectivity index (χ1n) is 6.74. The Morgan fingerprint density at radius 1 is 1.21 bits per heavy atom. The van der Waals surface area contributed by atoms with Crippen LogP contribution in [0.3, 0.4) is 0 Å². The summed E-state index contributed by atoms with van der Waals surface area (Å²) in [5, 5.41) is 0. The van der Waals surface area contributed by atoms with E-state index in [1.807, 2.05) is 7.05 Å². The summed E-state index contributed by atoms with van der Waals surface area (Å²) < 4.78 is 0. The van der Waals surface area contributed by atoms with Crippen LogP contribution in [0.5, 0.6) is 0 Å². The summed E-state index contributed by atoms with van der Waals surface area (Å²) in [7, 11) is 1.87. The van der Waals surface area contributed by atoms with E-state index < -0.39 is 0 Å². The van der Waals surface area contributed by atoms with Gasteiger partial charge in [-0.3, -0.25) is 4.79 Å². The number of rotatable bonds is 8. The average molecular weight is 280 g/mol. The van der Waals surface area contributed by atoms with Gasteiger partial charge >= 0.3 is 0 Å². The van der Waals surface area contributed by atoms with Gasteiger partial charge in [-0.15, -0.1) is 11.8 Å². The van der Waals surface area contributed by atoms with Crippen molar-refractivity contribution in [2.75, 3.05) is 19.8 Å². The zero-order valence-corrected chi connectivity index (χ0v) is 12.7. The normalized spacial score (nSPS) is 10.5. The van der Waals surface area contributed by atoms with E-state index in [9.17, 15) is 4.79 Å². The Hall–Kier alpha value is -1.00. The summed E-state index contributed by atoms with van der Waals surface area (Å²) in [4.78, 5) is 15.0. The number of nitrogens with two attached hydrogens (primary N) is 1. The Balaban J connectivity index is 2.35. The molecule has 106 valence electrons. The highest BCUT2D eigenvalue weighted by Gasteiger charge is 2.08. The third-order valence-electron chi connectivity index (χ3n) is 3.10. The van der Waals surface area contributed by atoms with Gasteiger partial charge in [0.25, 0.3) is 0 Å². The monoisotopic (exact) mass is 280 g/mol. The van der Waals surface area contributed by atoms with Crippen LogP contribution >= 0.6 is 11.8 Å². The van der Waals surface area contributed by atoms with Crippen molar-refractivity contribution >= 4 is 17.7 Å². The maximum absolute atomic E-state index is 11.9. The zero-order valence-electron chi connectivity index (χ0n) is 11.9. The highest BCUT2D eigenvalue weighted by atomic mass is 32.2. The second-order valence-electron chi connectivity index (χ2n) is 4.70. The van der Waals surface area contributed by atoms with Gasteiger partial charge in [0.05, 0.1) is 0 Å². The van der Waals surface area contributed by atoms with E-state index in [1.165, 1.54) is 10.5 Å². The van der Waals surface area contributed by atoms with Gasteiger partial charge in [0, 0.05) is 24.9 Å². The fraction of sp³-hybridized carbons (Fsp3) is 0.533. The van der Waals surface area contributed by atoms with E-state index in [4.69, 9.17) is 5.73 Å². The number of carbonyl (C=O) groups is 1. The van der Waals surface area contributed by atoms with Crippen LogP contribution in [0.1, 0.15) is 31.2 Å². The van der Waals surface area contributed by atoms with E-state index in [-0.39, 0.29) is 5.91 Å². The molecule has 0 aliphatic heterocycles. The first kappa shape index (κ1) is 16.1. The lowest BCUT2D eigenvalue weighted by atomic mass is 10.1. The van der Waals surface area contributed by atoms with Gasteiger partial charge in [-0.2, -0.15) is 0 Å². The van der Waals surface area contributed by atoms with Gasteiger partial charge in [0.15, 0.2) is 0 Å². The largest absolute Gasteiger partial charge is 0.341 e. The minimum absolute atomic E-state index is 0.214. The number of benzene rings is 1. The molecule has 0 spiro atoms. The molecule has 0 heterocycles. The molecule has 4 heteroatoms. The quantitative estimate of drug-likeness (QED) is 0.588. The van der Waals surface area contributed by atoms with Crippen molar-refractivity contribution in [2.45, 2.75) is 37.1 Å². The summed E-state index contributed by atoms with van der Waals surface area (Å²) in [5.41, 5.74) is 6.61. The molecule has 0 radical (unpaired) electrons. The molecular weight excluding hydrogens is 256 g/mol. The summed E-state index contributed by atoms with van der Waals surface area (Å²) in [6.07, 6.45) is 5.67. The number of unbranched alkanes of at least 4 members (excludes halogenated alkanes) is 2. The zero-order chi connectivity index (χ0) is 14.1. The van der Waals surface area contributed by atoms with E-state index in [2.05, 4.69) is 30.5 Å². The number of hydrogen-bond acceptors (Lipinski definition) is 3. The number of nitrogens with zero attached hydrogens (tertiary/aromatic N) is 1. The van der Waals surface area contributed by atoms with Crippen LogP contribution in [0.15, 0.2) is 29.2 Å². The molecule has 1 amide bonds. The highest BCUT2D eigenvalue weighted by molar-refractivity contribution is 7.98. The van der Waals surface area contributed by atoms with Crippen LogP contribution in [0.2, 0.25) is 0 Å². The van der Waals surface area contributed by atoms with Crippen LogP contribution in [0.25, 0.3) is 0 Å². The molecule has 0 atom stereocenters. The molecule has 3 nitrogen and oxygen atoms in total. The van der Waals surface area contributed by atoms with Crippen LogP contribution in [-0.4, -0.2) is 30.7 Å². The van der Waals surface area contributed by atoms with Crippen molar-refractivity contribution in [3.05, 3.63) is 29.8 Å². The number of carbonyl (C=O) groups excluding carboxylic acids is 1. The van der Waals surface area contributed by atoms with E-state index in [1.54, 1.807) is 16.7 Å². The molecule has 0 unspecified atom stereocenters. The maximum atomic E-state index is 11.9. The summed E-state index contributed by atoms with van der Waals surface area (Å²) in [6.45, 7) is 1.40. The minimum atomic E-state index is 0.214. The molecular formula is C15H24N2OS. The van der Waals surface area contributed by atoms with Crippen LogP contribution in [-0.2, 0) is 11.3 Å². The molecule has 0 bridgehead atoms. The topological polar surface area (TPSA) is 46.3 Å². The molecule has 0 aliphatic carbocycles. The molecule has 0 aliphatic rings. The van der Waals surface area contributed by atoms with Gasteiger partial charge in [-0.1, -0.05) is 18.6 Å². The first-order chi connectivity index (χ1) is 9.17. The predicted molar refractivity (Wildman–Crippen MR) is 82.2 cm³/mol. The predicted octanol–water partition coefficient (Wildman–Crippen LogP) is 2.89. The lowest BCUT2D eigenvalue weighted by molar-refractivity contribution is -0.130. The Kier molecular flexibility index (Phi) is 7.60. The molecule has 0 aromatic heterocycles. The van der Waals surface area contributed by atoms with E-state index in [0.29, 0.717) is 19.5 Å². The third-order valence-corrected chi connectivity index (χ3v) is 3.84. The maximum Gasteiger partial charge on any atom is 0.222 e. The third kappa shape index (κ3) is 6.12. The van der Waals surface area contributed by atoms with Crippen LogP contribution < -0.4 is 5.73 Å². The first-order valence-corrected chi connectivity index (χ1v) is 7.97. The van der Waals surface area contributed by atoms with Crippen molar-refractivity contribution in [1.82, 2.24) is 4.90 Å². The Morgan fingerprint density at radius 3 is 2.47 bits per heavy atom. The minimum Gasteiger partial charge on any atom is -0.341 e. The van der Waals surface area contributed by atoms with Crippen molar-refractivity contribution < 1.29 is 4.79 Å². The lowest BCUT2D eigenvalue weighted by Crippen LogP contribution is -2.25. The number of amides is 1. The fourth-order valence-electron chi connectivity index (χ4n) is 1.88. The SMILES string of the molecule is CSc1ccc(CN(C)C(=O)CCCCCN)cc1. The second kappa shape index (κ2) is 8.99. The molecule has 0 saturated heterocycles. The highest BCUT2D eigenvalue weighted by Crippen LogP contribution is 2.16. The molecule has 2 N–H and O–H groups in total. The van der Waals surface area contributed by atoms with Crippen LogP contribution in [0.4, 0.5) is 0 Å². The lowest BCUT2D eigenvalue weighted by Gasteiger charge is -2.17. The molecule has 0 fully saturated rings. The number of thioether (sulfide) groups is 1.